The lowest BCUT2D eigenvalue weighted by Crippen LogP contribution is -2.34. The van der Waals surface area contributed by atoms with Crippen LogP contribution in [0.25, 0.3) is 0 Å². The summed E-state index contributed by atoms with van der Waals surface area (Å²) >= 11 is 0. The molecule has 3 rings (SSSR count). The van der Waals surface area contributed by atoms with E-state index < -0.39 is 0 Å². The molecule has 4 heteroatoms. The second kappa shape index (κ2) is 16.8. The predicted molar refractivity (Wildman–Crippen MR) is 149 cm³/mol. The first-order valence-corrected chi connectivity index (χ1v) is 13.4. The molecule has 1 unspecified atom stereocenters. The molecule has 0 aliphatic rings. The molecule has 0 N–H and O–H groups in total. The van der Waals surface area contributed by atoms with Gasteiger partial charge in [0.05, 0.1) is 13.2 Å². The van der Waals surface area contributed by atoms with Gasteiger partial charge in [-0.15, -0.1) is 0 Å². The van der Waals surface area contributed by atoms with E-state index in [9.17, 15) is 0 Å². The normalized spacial score (nSPS) is 12.0. The lowest BCUT2D eigenvalue weighted by atomic mass is 10.1. The highest BCUT2D eigenvalue weighted by molar-refractivity contribution is 5.31. The zero-order valence-electron chi connectivity index (χ0n) is 22.1. The van der Waals surface area contributed by atoms with Crippen LogP contribution in [-0.2, 0) is 17.8 Å². The maximum Gasteiger partial charge on any atom is 0.120 e. The topological polar surface area (TPSA) is 30.9 Å². The fraction of sp³-hybridized carbons (Fsp3) is 0.438. The third-order valence-electron chi connectivity index (χ3n) is 6.38. The van der Waals surface area contributed by atoms with Crippen molar-refractivity contribution in [1.29, 1.82) is 0 Å². The van der Waals surface area contributed by atoms with Crippen molar-refractivity contribution in [2.24, 2.45) is 0 Å². The fourth-order valence-corrected chi connectivity index (χ4v) is 4.07. The predicted octanol–water partition coefficient (Wildman–Crippen LogP) is 7.17. The summed E-state index contributed by atoms with van der Waals surface area (Å²) in [4.78, 5) is 2.27. The molecule has 0 aliphatic carbocycles. The Hall–Kier alpha value is -2.82. The first-order valence-electron chi connectivity index (χ1n) is 13.4. The molecule has 194 valence electrons. The van der Waals surface area contributed by atoms with E-state index in [1.165, 1.54) is 36.8 Å². The minimum absolute atomic E-state index is 0.422. The average Bonchev–Trinajstić information content (AvgIpc) is 2.91. The summed E-state index contributed by atoms with van der Waals surface area (Å²) in [6.45, 7) is 2.99. The Kier molecular flexibility index (Phi) is 12.9. The van der Waals surface area contributed by atoms with Gasteiger partial charge in [-0.2, -0.15) is 0 Å². The molecule has 1 atom stereocenters. The molecule has 0 heterocycles. The molecule has 4 nitrogen and oxygen atoms in total. The Morgan fingerprint density at radius 2 is 1.11 bits per heavy atom. The van der Waals surface area contributed by atoms with Crippen LogP contribution in [0.5, 0.6) is 11.5 Å². The van der Waals surface area contributed by atoms with Crippen LogP contribution in [0.2, 0.25) is 0 Å². The number of benzene rings is 3. The van der Waals surface area contributed by atoms with Gasteiger partial charge in [0.1, 0.15) is 18.1 Å². The van der Waals surface area contributed by atoms with Gasteiger partial charge in [0, 0.05) is 12.6 Å². The van der Waals surface area contributed by atoms with Crippen LogP contribution in [0, 0.1) is 0 Å². The number of ether oxygens (including phenoxy) is 3. The monoisotopic (exact) mass is 489 g/mol. The molecule has 0 amide bonds. The first kappa shape index (κ1) is 27.8. The third-order valence-corrected chi connectivity index (χ3v) is 6.38. The van der Waals surface area contributed by atoms with E-state index >= 15 is 0 Å². The van der Waals surface area contributed by atoms with Crippen molar-refractivity contribution in [2.75, 3.05) is 33.9 Å². The highest BCUT2D eigenvalue weighted by Crippen LogP contribution is 2.19. The Bertz CT molecular complexity index is 929. The van der Waals surface area contributed by atoms with Crippen molar-refractivity contribution in [3.8, 4) is 11.5 Å². The number of hydrogen-bond acceptors (Lipinski definition) is 4. The molecule has 0 spiro atoms. The fourth-order valence-electron chi connectivity index (χ4n) is 4.07. The van der Waals surface area contributed by atoms with Crippen LogP contribution >= 0.6 is 0 Å². The molecule has 0 saturated heterocycles. The summed E-state index contributed by atoms with van der Waals surface area (Å²) in [7, 11) is 4.27. The zero-order chi connectivity index (χ0) is 25.3. The van der Waals surface area contributed by atoms with E-state index in [0.717, 1.165) is 50.6 Å². The van der Waals surface area contributed by atoms with E-state index in [4.69, 9.17) is 14.2 Å². The van der Waals surface area contributed by atoms with Crippen LogP contribution in [0.3, 0.4) is 0 Å². The molecule has 0 saturated carbocycles. The minimum Gasteiger partial charge on any atom is -0.494 e. The quantitative estimate of drug-likeness (QED) is 0.177. The number of unbranched alkanes of at least 4 members (excludes halogenated alkanes) is 5. The molecular formula is C32H43NO3. The maximum atomic E-state index is 6.00. The van der Waals surface area contributed by atoms with E-state index in [1.807, 2.05) is 42.5 Å². The summed E-state index contributed by atoms with van der Waals surface area (Å²) in [6, 6.07) is 29.2. The molecule has 3 aromatic carbocycles. The van der Waals surface area contributed by atoms with Gasteiger partial charge in [-0.3, -0.25) is 0 Å². The first-order chi connectivity index (χ1) is 17.7. The van der Waals surface area contributed by atoms with Gasteiger partial charge >= 0.3 is 0 Å². The van der Waals surface area contributed by atoms with Crippen molar-refractivity contribution < 1.29 is 14.2 Å². The number of likely N-dealkylation sites (N-methyl/N-ethyl adjacent to an activating group) is 1. The summed E-state index contributed by atoms with van der Waals surface area (Å²) < 4.78 is 17.7. The highest BCUT2D eigenvalue weighted by Gasteiger charge is 2.12. The zero-order valence-corrected chi connectivity index (χ0v) is 22.1. The summed E-state index contributed by atoms with van der Waals surface area (Å²) in [5.41, 5.74) is 2.54. The Morgan fingerprint density at radius 1 is 0.583 bits per heavy atom. The third kappa shape index (κ3) is 11.3. The van der Waals surface area contributed by atoms with Crippen LogP contribution in [0.4, 0.5) is 0 Å². The number of rotatable bonds is 18. The van der Waals surface area contributed by atoms with Crippen LogP contribution in [0.15, 0.2) is 84.9 Å². The van der Waals surface area contributed by atoms with Crippen LogP contribution in [-0.4, -0.2) is 44.9 Å². The largest absolute Gasteiger partial charge is 0.494 e. The van der Waals surface area contributed by atoms with E-state index in [1.54, 1.807) is 0 Å². The molecule has 36 heavy (non-hydrogen) atoms. The van der Waals surface area contributed by atoms with E-state index in [2.05, 4.69) is 61.5 Å². The summed E-state index contributed by atoms with van der Waals surface area (Å²) in [5.74, 6) is 1.77. The van der Waals surface area contributed by atoms with Gasteiger partial charge in [-0.05, 0) is 68.8 Å². The Labute approximate surface area is 218 Å². The van der Waals surface area contributed by atoms with Gasteiger partial charge in [0.2, 0.25) is 0 Å². The van der Waals surface area contributed by atoms with Gasteiger partial charge in [-0.1, -0.05) is 86.3 Å². The molecule has 0 aliphatic heterocycles. The summed E-state index contributed by atoms with van der Waals surface area (Å²) in [6.07, 6.45) is 8.22. The van der Waals surface area contributed by atoms with Crippen molar-refractivity contribution in [1.82, 2.24) is 4.90 Å². The highest BCUT2D eigenvalue weighted by atomic mass is 16.5. The SMILES string of the molecule is CN(C)C(COCCCCCCCCOc1ccc(OCc2ccccc2)cc1)Cc1ccccc1. The Morgan fingerprint density at radius 3 is 1.72 bits per heavy atom. The number of nitrogens with zero attached hydrogens (tertiary/aromatic N) is 1. The van der Waals surface area contributed by atoms with Gasteiger partial charge in [-0.25, -0.2) is 0 Å². The van der Waals surface area contributed by atoms with Crippen molar-refractivity contribution in [2.45, 2.75) is 57.6 Å². The van der Waals surface area contributed by atoms with Crippen LogP contribution in [0.1, 0.15) is 49.7 Å². The van der Waals surface area contributed by atoms with Crippen molar-refractivity contribution in [3.05, 3.63) is 96.1 Å². The maximum absolute atomic E-state index is 6.00. The molecule has 0 fully saturated rings. The molecule has 0 bridgehead atoms. The van der Waals surface area contributed by atoms with Crippen molar-refractivity contribution >= 4 is 0 Å². The van der Waals surface area contributed by atoms with Gasteiger partial charge in [0.25, 0.3) is 0 Å². The second-order valence-electron chi connectivity index (χ2n) is 9.60. The van der Waals surface area contributed by atoms with E-state index in [-0.39, 0.29) is 0 Å². The lowest BCUT2D eigenvalue weighted by Gasteiger charge is -2.24. The van der Waals surface area contributed by atoms with Crippen LogP contribution < -0.4 is 9.47 Å². The molecule has 0 aromatic heterocycles. The standard InChI is InChI=1S/C32H43NO3/c1-33(2)30(25-28-15-9-7-10-16-28)27-34-23-13-5-3-4-6-14-24-35-31-19-21-32(22-20-31)36-26-29-17-11-8-12-18-29/h7-12,15-22,30H,3-6,13-14,23-27H2,1-2H3. The molecule has 3 aromatic rings. The second-order valence-corrected chi connectivity index (χ2v) is 9.60. The smallest absolute Gasteiger partial charge is 0.120 e. The molecule has 0 radical (unpaired) electrons. The number of hydrogen-bond donors (Lipinski definition) is 0. The summed E-state index contributed by atoms with van der Waals surface area (Å²) in [5, 5.41) is 0. The van der Waals surface area contributed by atoms with E-state index in [0.29, 0.717) is 12.6 Å². The minimum atomic E-state index is 0.422. The molecular weight excluding hydrogens is 446 g/mol. The van der Waals surface area contributed by atoms with Gasteiger partial charge in [0.15, 0.2) is 0 Å². The average molecular weight is 490 g/mol. The van der Waals surface area contributed by atoms with Crippen molar-refractivity contribution in [3.63, 3.8) is 0 Å². The van der Waals surface area contributed by atoms with Gasteiger partial charge < -0.3 is 19.1 Å². The lowest BCUT2D eigenvalue weighted by molar-refractivity contribution is 0.0766. The Balaban J connectivity index is 1.15.